The summed E-state index contributed by atoms with van der Waals surface area (Å²) in [5, 5.41) is 4.35. The first-order chi connectivity index (χ1) is 9.04. The maximum atomic E-state index is 12.1. The van der Waals surface area contributed by atoms with Crippen molar-refractivity contribution in [3.05, 3.63) is 11.9 Å². The van der Waals surface area contributed by atoms with Crippen molar-refractivity contribution in [2.45, 2.75) is 43.5 Å². The fraction of sp³-hybridized carbons (Fsp3) is 0.750. The number of nitrogens with zero attached hydrogens (tertiary/aromatic N) is 2. The van der Waals surface area contributed by atoms with Crippen LogP contribution in [0.1, 0.15) is 37.4 Å². The Morgan fingerprint density at radius 1 is 1.47 bits per heavy atom. The van der Waals surface area contributed by atoms with E-state index in [0.29, 0.717) is 18.3 Å². The number of ether oxygens (including phenoxy) is 1. The molecule has 0 unspecified atom stereocenters. The average molecular weight is 287 g/mol. The number of sulfonamides is 1. The number of rotatable bonds is 6. The van der Waals surface area contributed by atoms with E-state index in [1.165, 1.54) is 20.0 Å². The molecule has 6 nitrogen and oxygen atoms in total. The van der Waals surface area contributed by atoms with Crippen LogP contribution in [0.25, 0.3) is 0 Å². The standard InChI is InChI=1S/C12H21N3O3S/c1-10-12(19(16,17)13-7-8-18-2)9-15(14-10)11-5-3-4-6-11/h9,11,13H,3-8H2,1-2H3. The average Bonchev–Trinajstić information content (AvgIpc) is 2.97. The van der Waals surface area contributed by atoms with Gasteiger partial charge in [0.1, 0.15) is 4.90 Å². The van der Waals surface area contributed by atoms with Crippen molar-refractivity contribution in [3.8, 4) is 0 Å². The lowest BCUT2D eigenvalue weighted by atomic mass is 10.3. The van der Waals surface area contributed by atoms with E-state index in [4.69, 9.17) is 4.74 Å². The Hall–Kier alpha value is -0.920. The zero-order valence-corrected chi connectivity index (χ0v) is 12.2. The van der Waals surface area contributed by atoms with Gasteiger partial charge in [-0.25, -0.2) is 13.1 Å². The van der Waals surface area contributed by atoms with Crippen LogP contribution in [0.2, 0.25) is 0 Å². The largest absolute Gasteiger partial charge is 0.383 e. The lowest BCUT2D eigenvalue weighted by Gasteiger charge is -2.08. The third-order valence-corrected chi connectivity index (χ3v) is 5.02. The number of aromatic nitrogens is 2. The molecule has 0 radical (unpaired) electrons. The van der Waals surface area contributed by atoms with E-state index in [0.717, 1.165) is 12.8 Å². The van der Waals surface area contributed by atoms with Gasteiger partial charge in [-0.05, 0) is 19.8 Å². The summed E-state index contributed by atoms with van der Waals surface area (Å²) in [5.41, 5.74) is 0.553. The van der Waals surface area contributed by atoms with Crippen LogP contribution >= 0.6 is 0 Å². The number of methoxy groups -OCH3 is 1. The summed E-state index contributed by atoms with van der Waals surface area (Å²) in [6.07, 6.45) is 6.20. The van der Waals surface area contributed by atoms with Gasteiger partial charge in [0.15, 0.2) is 0 Å². The Bertz CT molecular complexity index is 518. The molecule has 1 aliphatic rings. The number of hydrogen-bond acceptors (Lipinski definition) is 4. The Morgan fingerprint density at radius 2 is 2.16 bits per heavy atom. The summed E-state index contributed by atoms with van der Waals surface area (Å²) < 4.78 is 33.4. The molecule has 0 aliphatic heterocycles. The Labute approximate surface area is 114 Å². The highest BCUT2D eigenvalue weighted by atomic mass is 32.2. The Kier molecular flexibility index (Phi) is 4.59. The van der Waals surface area contributed by atoms with Gasteiger partial charge in [-0.3, -0.25) is 4.68 Å². The smallest absolute Gasteiger partial charge is 0.244 e. The van der Waals surface area contributed by atoms with Crippen molar-refractivity contribution in [1.29, 1.82) is 0 Å². The summed E-state index contributed by atoms with van der Waals surface area (Å²) in [6.45, 7) is 2.36. The van der Waals surface area contributed by atoms with Crippen LogP contribution in [-0.4, -0.2) is 38.5 Å². The molecule has 0 atom stereocenters. The van der Waals surface area contributed by atoms with Gasteiger partial charge >= 0.3 is 0 Å². The molecule has 1 saturated carbocycles. The SMILES string of the molecule is COCCNS(=O)(=O)c1cn(C2CCCC2)nc1C. The van der Waals surface area contributed by atoms with Gasteiger partial charge in [0.2, 0.25) is 10.0 Å². The molecule has 1 aromatic rings. The normalized spacial score (nSPS) is 17.2. The fourth-order valence-corrected chi connectivity index (χ4v) is 3.62. The molecule has 1 N–H and O–H groups in total. The molecule has 0 saturated heterocycles. The van der Waals surface area contributed by atoms with Crippen LogP contribution in [-0.2, 0) is 14.8 Å². The van der Waals surface area contributed by atoms with E-state index in [-0.39, 0.29) is 11.4 Å². The van der Waals surface area contributed by atoms with E-state index in [9.17, 15) is 8.42 Å². The van der Waals surface area contributed by atoms with Gasteiger partial charge in [-0.15, -0.1) is 0 Å². The molecule has 7 heteroatoms. The summed E-state index contributed by atoms with van der Waals surface area (Å²) >= 11 is 0. The zero-order valence-electron chi connectivity index (χ0n) is 11.4. The highest BCUT2D eigenvalue weighted by Crippen LogP contribution is 2.30. The van der Waals surface area contributed by atoms with Crippen LogP contribution < -0.4 is 4.72 Å². The lowest BCUT2D eigenvalue weighted by Crippen LogP contribution is -2.27. The molecule has 108 valence electrons. The Balaban J connectivity index is 2.15. The molecule has 1 fully saturated rings. The summed E-state index contributed by atoms with van der Waals surface area (Å²) in [5.74, 6) is 0. The number of nitrogens with one attached hydrogen (secondary N) is 1. The quantitative estimate of drug-likeness (QED) is 0.799. The van der Waals surface area contributed by atoms with Gasteiger partial charge in [-0.2, -0.15) is 5.10 Å². The van der Waals surface area contributed by atoms with E-state index >= 15 is 0 Å². The van der Waals surface area contributed by atoms with Crippen LogP contribution in [0.4, 0.5) is 0 Å². The molecular formula is C12H21N3O3S. The summed E-state index contributed by atoms with van der Waals surface area (Å²) in [6, 6.07) is 0.349. The highest BCUT2D eigenvalue weighted by Gasteiger charge is 2.24. The molecular weight excluding hydrogens is 266 g/mol. The van der Waals surface area contributed by atoms with Crippen molar-refractivity contribution in [1.82, 2.24) is 14.5 Å². The van der Waals surface area contributed by atoms with Crippen molar-refractivity contribution in [3.63, 3.8) is 0 Å². The molecule has 0 amide bonds. The van der Waals surface area contributed by atoms with Crippen molar-refractivity contribution < 1.29 is 13.2 Å². The van der Waals surface area contributed by atoms with Crippen LogP contribution in [0.5, 0.6) is 0 Å². The first kappa shape index (κ1) is 14.5. The van der Waals surface area contributed by atoms with E-state index in [1.54, 1.807) is 13.1 Å². The number of hydrogen-bond donors (Lipinski definition) is 1. The van der Waals surface area contributed by atoms with Gasteiger partial charge in [0, 0.05) is 19.9 Å². The topological polar surface area (TPSA) is 73.2 Å². The van der Waals surface area contributed by atoms with Gasteiger partial charge < -0.3 is 4.74 Å². The summed E-state index contributed by atoms with van der Waals surface area (Å²) in [7, 11) is -1.95. The van der Waals surface area contributed by atoms with Crippen molar-refractivity contribution in [2.24, 2.45) is 0 Å². The van der Waals surface area contributed by atoms with E-state index < -0.39 is 10.0 Å². The molecule has 0 aromatic carbocycles. The van der Waals surface area contributed by atoms with Gasteiger partial charge in [0.05, 0.1) is 18.3 Å². The highest BCUT2D eigenvalue weighted by molar-refractivity contribution is 7.89. The van der Waals surface area contributed by atoms with E-state index in [1.807, 2.05) is 4.68 Å². The maximum Gasteiger partial charge on any atom is 0.244 e. The van der Waals surface area contributed by atoms with Crippen LogP contribution in [0.3, 0.4) is 0 Å². The van der Waals surface area contributed by atoms with Crippen LogP contribution in [0.15, 0.2) is 11.1 Å². The molecule has 19 heavy (non-hydrogen) atoms. The molecule has 2 rings (SSSR count). The minimum absolute atomic E-state index is 0.271. The lowest BCUT2D eigenvalue weighted by molar-refractivity contribution is 0.204. The van der Waals surface area contributed by atoms with Crippen molar-refractivity contribution >= 4 is 10.0 Å². The zero-order chi connectivity index (χ0) is 13.9. The monoisotopic (exact) mass is 287 g/mol. The third kappa shape index (κ3) is 3.34. The second-order valence-corrected chi connectivity index (χ2v) is 6.62. The van der Waals surface area contributed by atoms with Crippen molar-refractivity contribution in [2.75, 3.05) is 20.3 Å². The minimum Gasteiger partial charge on any atom is -0.383 e. The fourth-order valence-electron chi connectivity index (χ4n) is 2.44. The number of aryl methyl sites for hydroxylation is 1. The first-order valence-electron chi connectivity index (χ1n) is 6.59. The second kappa shape index (κ2) is 6.02. The first-order valence-corrected chi connectivity index (χ1v) is 8.07. The third-order valence-electron chi connectivity index (χ3n) is 3.46. The van der Waals surface area contributed by atoms with Gasteiger partial charge in [-0.1, -0.05) is 12.8 Å². The van der Waals surface area contributed by atoms with Crippen LogP contribution in [0, 0.1) is 6.92 Å². The minimum atomic E-state index is -3.49. The predicted molar refractivity (Wildman–Crippen MR) is 71.5 cm³/mol. The van der Waals surface area contributed by atoms with E-state index in [2.05, 4.69) is 9.82 Å². The molecule has 0 spiro atoms. The predicted octanol–water partition coefficient (Wildman–Crippen LogP) is 1.23. The maximum absolute atomic E-state index is 12.1. The molecule has 1 aromatic heterocycles. The summed E-state index contributed by atoms with van der Waals surface area (Å²) in [4.78, 5) is 0.274. The molecule has 1 aliphatic carbocycles. The Morgan fingerprint density at radius 3 is 2.79 bits per heavy atom. The van der Waals surface area contributed by atoms with Gasteiger partial charge in [0.25, 0.3) is 0 Å². The second-order valence-electron chi connectivity index (χ2n) is 4.89. The molecule has 1 heterocycles. The molecule has 0 bridgehead atoms.